The molecule has 0 aliphatic carbocycles. The van der Waals surface area contributed by atoms with Crippen molar-refractivity contribution in [1.29, 1.82) is 0 Å². The summed E-state index contributed by atoms with van der Waals surface area (Å²) >= 11 is 1.14. The van der Waals surface area contributed by atoms with E-state index in [0.29, 0.717) is 0 Å². The maximum absolute atomic E-state index is 11.6. The van der Waals surface area contributed by atoms with Crippen LogP contribution in [0.25, 0.3) is 0 Å². The molecule has 0 bridgehead atoms. The number of nitrogens with two attached hydrogens (primary N) is 1. The number of hydrogen-bond acceptors (Lipinski definition) is 5. The number of rotatable bonds is 4. The summed E-state index contributed by atoms with van der Waals surface area (Å²) in [4.78, 5) is 3.88. The molecule has 0 amide bonds. The summed E-state index contributed by atoms with van der Waals surface area (Å²) in [5.41, 5.74) is 5.44. The maximum atomic E-state index is 11.6. The van der Waals surface area contributed by atoms with Gasteiger partial charge in [-0.15, -0.1) is 11.3 Å². The first-order chi connectivity index (χ1) is 6.42. The van der Waals surface area contributed by atoms with Gasteiger partial charge in [0.25, 0.3) is 10.0 Å². The molecule has 0 saturated carbocycles. The second-order valence-electron chi connectivity index (χ2n) is 3.03. The van der Waals surface area contributed by atoms with Gasteiger partial charge in [0.15, 0.2) is 4.21 Å². The van der Waals surface area contributed by atoms with E-state index in [1.807, 2.05) is 0 Å². The summed E-state index contributed by atoms with van der Waals surface area (Å²) in [6.45, 7) is 3.73. The minimum Gasteiger partial charge on any atom is -0.327 e. The highest BCUT2D eigenvalue weighted by Gasteiger charge is 2.16. The Hall–Kier alpha value is -0.500. The highest BCUT2D eigenvalue weighted by atomic mass is 32.2. The molecule has 1 aromatic rings. The molecule has 0 aliphatic heterocycles. The maximum Gasteiger partial charge on any atom is 0.251 e. The van der Waals surface area contributed by atoms with Crippen LogP contribution in [-0.4, -0.2) is 26.0 Å². The number of nitrogens with one attached hydrogen (secondary N) is 1. The minimum absolute atomic E-state index is 0.196. The molecule has 5 nitrogen and oxygen atoms in total. The topological polar surface area (TPSA) is 85.1 Å². The van der Waals surface area contributed by atoms with Crippen LogP contribution in [0.5, 0.6) is 0 Å². The Bertz CT molecular complexity index is 397. The molecule has 0 spiro atoms. The number of thiazole rings is 1. The lowest BCUT2D eigenvalue weighted by Crippen LogP contribution is -2.34. The van der Waals surface area contributed by atoms with E-state index in [1.54, 1.807) is 13.8 Å². The van der Waals surface area contributed by atoms with E-state index in [2.05, 4.69) is 9.71 Å². The quantitative estimate of drug-likeness (QED) is 0.774. The van der Waals surface area contributed by atoms with E-state index in [1.165, 1.54) is 6.20 Å². The van der Waals surface area contributed by atoms with Crippen LogP contribution in [-0.2, 0) is 10.0 Å². The molecule has 0 saturated heterocycles. The fourth-order valence-corrected chi connectivity index (χ4v) is 3.07. The van der Waals surface area contributed by atoms with Crippen molar-refractivity contribution >= 4 is 21.4 Å². The van der Waals surface area contributed by atoms with Crippen molar-refractivity contribution in [2.75, 3.05) is 6.54 Å². The van der Waals surface area contributed by atoms with Crippen molar-refractivity contribution in [1.82, 2.24) is 9.71 Å². The smallest absolute Gasteiger partial charge is 0.251 e. The van der Waals surface area contributed by atoms with Gasteiger partial charge in [0.2, 0.25) is 0 Å². The molecular formula is C7H13N3O2S2. The van der Waals surface area contributed by atoms with Crippen LogP contribution < -0.4 is 10.5 Å². The number of aromatic nitrogens is 1. The third kappa shape index (κ3) is 3.02. The number of sulfonamides is 1. The van der Waals surface area contributed by atoms with Crippen molar-refractivity contribution in [2.45, 2.75) is 24.1 Å². The summed E-state index contributed by atoms with van der Waals surface area (Å²) in [5.74, 6) is 0. The number of nitrogens with zero attached hydrogens (tertiary/aromatic N) is 1. The number of hydrogen-bond donors (Lipinski definition) is 2. The fraction of sp³-hybridized carbons (Fsp3) is 0.571. The molecule has 1 aromatic heterocycles. The second kappa shape index (κ2) is 4.35. The van der Waals surface area contributed by atoms with E-state index in [0.717, 1.165) is 16.3 Å². The molecule has 7 heteroatoms. The lowest BCUT2D eigenvalue weighted by atomic mass is 10.4. The summed E-state index contributed by atoms with van der Waals surface area (Å²) in [5, 5.41) is 0.728. The van der Waals surface area contributed by atoms with Crippen LogP contribution >= 0.6 is 11.3 Å². The highest BCUT2D eigenvalue weighted by Crippen LogP contribution is 2.16. The van der Waals surface area contributed by atoms with Gasteiger partial charge in [-0.3, -0.25) is 0 Å². The van der Waals surface area contributed by atoms with Crippen LogP contribution in [0.4, 0.5) is 0 Å². The first-order valence-corrected chi connectivity index (χ1v) is 6.39. The Balaban J connectivity index is 2.76. The monoisotopic (exact) mass is 235 g/mol. The molecule has 0 radical (unpaired) electrons. The molecule has 1 rings (SSSR count). The normalized spacial score (nSPS) is 14.2. The first-order valence-electron chi connectivity index (χ1n) is 4.09. The van der Waals surface area contributed by atoms with Crippen LogP contribution in [0, 0.1) is 6.92 Å². The van der Waals surface area contributed by atoms with Gasteiger partial charge in [-0.2, -0.15) is 0 Å². The van der Waals surface area contributed by atoms with Gasteiger partial charge in [-0.25, -0.2) is 18.1 Å². The molecule has 1 heterocycles. The summed E-state index contributed by atoms with van der Waals surface area (Å²) in [7, 11) is -3.41. The Kier molecular flexibility index (Phi) is 3.59. The predicted octanol–water partition coefficient (Wildman–Crippen LogP) is 0.0770. The summed E-state index contributed by atoms with van der Waals surface area (Å²) in [6, 6.07) is -0.196. The zero-order valence-corrected chi connectivity index (χ0v) is 9.65. The van der Waals surface area contributed by atoms with Gasteiger partial charge in [-0.05, 0) is 13.8 Å². The van der Waals surface area contributed by atoms with Gasteiger partial charge in [0, 0.05) is 12.6 Å². The summed E-state index contributed by atoms with van der Waals surface area (Å²) < 4.78 is 25.7. The highest BCUT2D eigenvalue weighted by molar-refractivity contribution is 7.91. The SMILES string of the molecule is Cc1ncc(S(=O)(=O)NCC(C)N)s1. The molecule has 80 valence electrons. The lowest BCUT2D eigenvalue weighted by Gasteiger charge is -2.06. The predicted molar refractivity (Wildman–Crippen MR) is 55.7 cm³/mol. The fourth-order valence-electron chi connectivity index (χ4n) is 0.778. The van der Waals surface area contributed by atoms with Crippen molar-refractivity contribution in [2.24, 2.45) is 5.73 Å². The minimum atomic E-state index is -3.41. The van der Waals surface area contributed by atoms with E-state index in [9.17, 15) is 8.42 Å². The molecule has 14 heavy (non-hydrogen) atoms. The Morgan fingerprint density at radius 3 is 2.79 bits per heavy atom. The van der Waals surface area contributed by atoms with Gasteiger partial charge < -0.3 is 5.73 Å². The third-order valence-electron chi connectivity index (χ3n) is 1.46. The average molecular weight is 235 g/mol. The Labute approximate surface area is 87.4 Å². The number of aryl methyl sites for hydroxylation is 1. The van der Waals surface area contributed by atoms with E-state index in [4.69, 9.17) is 5.73 Å². The van der Waals surface area contributed by atoms with Gasteiger partial charge in [0.05, 0.1) is 11.2 Å². The van der Waals surface area contributed by atoms with Gasteiger partial charge >= 0.3 is 0 Å². The van der Waals surface area contributed by atoms with E-state index >= 15 is 0 Å². The second-order valence-corrected chi connectivity index (χ2v) is 6.26. The van der Waals surface area contributed by atoms with Crippen molar-refractivity contribution < 1.29 is 8.42 Å². The standard InChI is InChI=1S/C7H13N3O2S2/c1-5(8)3-10-14(11,12)7-4-9-6(2)13-7/h4-5,10H,3,8H2,1-2H3. The average Bonchev–Trinajstić information content (AvgIpc) is 2.49. The first kappa shape index (κ1) is 11.6. The molecule has 1 unspecified atom stereocenters. The van der Waals surface area contributed by atoms with E-state index < -0.39 is 10.0 Å². The summed E-state index contributed by atoms with van der Waals surface area (Å²) in [6.07, 6.45) is 1.35. The Morgan fingerprint density at radius 2 is 2.36 bits per heavy atom. The third-order valence-corrected chi connectivity index (χ3v) is 4.26. The molecular weight excluding hydrogens is 222 g/mol. The van der Waals surface area contributed by atoms with Crippen LogP contribution in [0.1, 0.15) is 11.9 Å². The van der Waals surface area contributed by atoms with E-state index in [-0.39, 0.29) is 16.8 Å². The largest absolute Gasteiger partial charge is 0.327 e. The van der Waals surface area contributed by atoms with Crippen LogP contribution in [0.15, 0.2) is 10.4 Å². The molecule has 1 atom stereocenters. The molecule has 0 aliphatic rings. The lowest BCUT2D eigenvalue weighted by molar-refractivity contribution is 0.576. The van der Waals surface area contributed by atoms with Crippen LogP contribution in [0.3, 0.4) is 0 Å². The van der Waals surface area contributed by atoms with Crippen molar-refractivity contribution in [3.63, 3.8) is 0 Å². The van der Waals surface area contributed by atoms with Gasteiger partial charge in [-0.1, -0.05) is 0 Å². The zero-order chi connectivity index (χ0) is 10.8. The molecule has 0 aromatic carbocycles. The van der Waals surface area contributed by atoms with Crippen molar-refractivity contribution in [3.8, 4) is 0 Å². The molecule has 0 fully saturated rings. The Morgan fingerprint density at radius 1 is 1.71 bits per heavy atom. The van der Waals surface area contributed by atoms with Crippen LogP contribution in [0.2, 0.25) is 0 Å². The molecule has 3 N–H and O–H groups in total. The van der Waals surface area contributed by atoms with Gasteiger partial charge in [0.1, 0.15) is 0 Å². The van der Waals surface area contributed by atoms with Crippen molar-refractivity contribution in [3.05, 3.63) is 11.2 Å². The zero-order valence-electron chi connectivity index (χ0n) is 8.02.